The van der Waals surface area contributed by atoms with Gasteiger partial charge in [0.2, 0.25) is 0 Å². The normalized spacial score (nSPS) is 13.9. The van der Waals surface area contributed by atoms with Crippen LogP contribution in [0.4, 0.5) is 0 Å². The third kappa shape index (κ3) is 4.38. The molecule has 0 saturated carbocycles. The predicted octanol–water partition coefficient (Wildman–Crippen LogP) is 1.23. The molecule has 0 heterocycles. The number of aliphatic hydroxyl groups is 2. The lowest BCUT2D eigenvalue weighted by Gasteiger charge is -2.21. The SMILES string of the molecule is CCOc1ccc(OCC)c(C(O)C(N)CCO)c1. The van der Waals surface area contributed by atoms with Crippen LogP contribution in [-0.4, -0.2) is 36.1 Å². The molecule has 2 unspecified atom stereocenters. The van der Waals surface area contributed by atoms with E-state index < -0.39 is 12.1 Å². The van der Waals surface area contributed by atoms with Crippen LogP contribution in [0.15, 0.2) is 18.2 Å². The summed E-state index contributed by atoms with van der Waals surface area (Å²) in [5.41, 5.74) is 6.43. The molecule has 1 rings (SSSR count). The molecule has 0 aromatic heterocycles. The van der Waals surface area contributed by atoms with Crippen molar-refractivity contribution in [2.75, 3.05) is 19.8 Å². The second-order valence-corrected chi connectivity index (χ2v) is 4.19. The number of benzene rings is 1. The van der Waals surface area contributed by atoms with Gasteiger partial charge in [-0.3, -0.25) is 0 Å². The van der Waals surface area contributed by atoms with Crippen LogP contribution in [0, 0.1) is 0 Å². The number of hydrogen-bond donors (Lipinski definition) is 3. The first kappa shape index (κ1) is 15.8. The second kappa shape index (κ2) is 7.99. The van der Waals surface area contributed by atoms with Gasteiger partial charge in [-0.25, -0.2) is 0 Å². The van der Waals surface area contributed by atoms with E-state index in [0.29, 0.717) is 36.7 Å². The minimum atomic E-state index is -0.894. The standard InChI is InChI=1S/C14H23NO4/c1-3-18-10-5-6-13(19-4-2)11(9-10)14(17)12(15)7-8-16/h5-6,9,12,14,16-17H,3-4,7-8,15H2,1-2H3. The minimum absolute atomic E-state index is 0.0622. The van der Waals surface area contributed by atoms with Crippen LogP contribution in [0.3, 0.4) is 0 Å². The van der Waals surface area contributed by atoms with Gasteiger partial charge in [0.05, 0.1) is 19.3 Å². The molecule has 0 fully saturated rings. The third-order valence-electron chi connectivity index (χ3n) is 2.78. The smallest absolute Gasteiger partial charge is 0.125 e. The lowest BCUT2D eigenvalue weighted by Crippen LogP contribution is -2.29. The van der Waals surface area contributed by atoms with Crippen molar-refractivity contribution >= 4 is 0 Å². The lowest BCUT2D eigenvalue weighted by atomic mass is 9.99. The van der Waals surface area contributed by atoms with E-state index in [-0.39, 0.29) is 6.61 Å². The van der Waals surface area contributed by atoms with Crippen LogP contribution >= 0.6 is 0 Å². The summed E-state index contributed by atoms with van der Waals surface area (Å²) in [6.07, 6.45) is -0.569. The van der Waals surface area contributed by atoms with Crippen LogP contribution < -0.4 is 15.2 Å². The largest absolute Gasteiger partial charge is 0.494 e. The van der Waals surface area contributed by atoms with E-state index in [9.17, 15) is 5.11 Å². The first-order chi connectivity index (χ1) is 9.13. The van der Waals surface area contributed by atoms with Crippen LogP contribution in [0.25, 0.3) is 0 Å². The maximum absolute atomic E-state index is 10.2. The molecule has 5 nitrogen and oxygen atoms in total. The van der Waals surface area contributed by atoms with Crippen LogP contribution in [0.5, 0.6) is 11.5 Å². The summed E-state index contributed by atoms with van der Waals surface area (Å²) >= 11 is 0. The lowest BCUT2D eigenvalue weighted by molar-refractivity contribution is 0.125. The zero-order valence-corrected chi connectivity index (χ0v) is 11.5. The molecule has 1 aromatic rings. The number of ether oxygens (including phenoxy) is 2. The van der Waals surface area contributed by atoms with Gasteiger partial charge in [-0.1, -0.05) is 0 Å². The molecule has 0 aliphatic heterocycles. The molecule has 4 N–H and O–H groups in total. The molecular weight excluding hydrogens is 246 g/mol. The fourth-order valence-corrected chi connectivity index (χ4v) is 1.84. The number of aliphatic hydroxyl groups excluding tert-OH is 2. The van der Waals surface area contributed by atoms with Crippen LogP contribution in [-0.2, 0) is 0 Å². The Hall–Kier alpha value is -1.30. The average molecular weight is 269 g/mol. The van der Waals surface area contributed by atoms with Crippen molar-refractivity contribution in [1.29, 1.82) is 0 Å². The quantitative estimate of drug-likeness (QED) is 0.661. The highest BCUT2D eigenvalue weighted by molar-refractivity contribution is 5.42. The molecule has 0 aliphatic rings. The summed E-state index contributed by atoms with van der Waals surface area (Å²) in [6.45, 7) is 4.76. The highest BCUT2D eigenvalue weighted by atomic mass is 16.5. The maximum Gasteiger partial charge on any atom is 0.125 e. The van der Waals surface area contributed by atoms with Gasteiger partial charge in [0.15, 0.2) is 0 Å². The molecule has 19 heavy (non-hydrogen) atoms. The summed E-state index contributed by atoms with van der Waals surface area (Å²) in [5, 5.41) is 19.1. The molecule has 0 aliphatic carbocycles. The zero-order chi connectivity index (χ0) is 14.3. The molecule has 2 atom stereocenters. The summed E-state index contributed by atoms with van der Waals surface area (Å²) in [4.78, 5) is 0. The van der Waals surface area contributed by atoms with Gasteiger partial charge in [0.1, 0.15) is 11.5 Å². The Morgan fingerprint density at radius 1 is 1.21 bits per heavy atom. The Morgan fingerprint density at radius 3 is 2.47 bits per heavy atom. The van der Waals surface area contributed by atoms with Crippen molar-refractivity contribution in [1.82, 2.24) is 0 Å². The Morgan fingerprint density at radius 2 is 1.89 bits per heavy atom. The first-order valence-electron chi connectivity index (χ1n) is 6.58. The zero-order valence-electron chi connectivity index (χ0n) is 11.5. The van der Waals surface area contributed by atoms with Gasteiger partial charge in [0.25, 0.3) is 0 Å². The van der Waals surface area contributed by atoms with Gasteiger partial charge in [-0.05, 0) is 38.5 Å². The van der Waals surface area contributed by atoms with Crippen molar-refractivity contribution in [3.05, 3.63) is 23.8 Å². The molecule has 0 spiro atoms. The van der Waals surface area contributed by atoms with Gasteiger partial charge in [0, 0.05) is 18.2 Å². The molecule has 0 bridgehead atoms. The van der Waals surface area contributed by atoms with Crippen LogP contribution in [0.1, 0.15) is 31.9 Å². The fraction of sp³-hybridized carbons (Fsp3) is 0.571. The number of nitrogens with two attached hydrogens (primary N) is 1. The van der Waals surface area contributed by atoms with E-state index in [1.807, 2.05) is 13.8 Å². The summed E-state index contributed by atoms with van der Waals surface area (Å²) < 4.78 is 10.9. The van der Waals surface area contributed by atoms with Gasteiger partial charge in [-0.15, -0.1) is 0 Å². The second-order valence-electron chi connectivity index (χ2n) is 4.19. The summed E-state index contributed by atoms with van der Waals surface area (Å²) in [5.74, 6) is 1.25. The van der Waals surface area contributed by atoms with Gasteiger partial charge in [-0.2, -0.15) is 0 Å². The van der Waals surface area contributed by atoms with E-state index in [1.54, 1.807) is 18.2 Å². The van der Waals surface area contributed by atoms with E-state index in [1.165, 1.54) is 0 Å². The molecule has 0 radical (unpaired) electrons. The Kier molecular flexibility index (Phi) is 6.62. The molecule has 0 amide bonds. The topological polar surface area (TPSA) is 84.9 Å². The summed E-state index contributed by atoms with van der Waals surface area (Å²) in [7, 11) is 0. The van der Waals surface area contributed by atoms with Crippen molar-refractivity contribution in [3.63, 3.8) is 0 Å². The first-order valence-corrected chi connectivity index (χ1v) is 6.58. The molecule has 5 heteroatoms. The van der Waals surface area contributed by atoms with Crippen molar-refractivity contribution in [3.8, 4) is 11.5 Å². The minimum Gasteiger partial charge on any atom is -0.494 e. The highest BCUT2D eigenvalue weighted by Crippen LogP contribution is 2.31. The molecule has 108 valence electrons. The van der Waals surface area contributed by atoms with Crippen LogP contribution in [0.2, 0.25) is 0 Å². The van der Waals surface area contributed by atoms with Gasteiger partial charge >= 0.3 is 0 Å². The van der Waals surface area contributed by atoms with E-state index in [4.69, 9.17) is 20.3 Å². The number of rotatable bonds is 8. The van der Waals surface area contributed by atoms with E-state index in [2.05, 4.69) is 0 Å². The Bertz CT molecular complexity index is 384. The summed E-state index contributed by atoms with van der Waals surface area (Å²) in [6, 6.07) is 4.75. The van der Waals surface area contributed by atoms with E-state index >= 15 is 0 Å². The Balaban J connectivity index is 3.01. The molecule has 1 aromatic carbocycles. The predicted molar refractivity (Wildman–Crippen MR) is 73.4 cm³/mol. The van der Waals surface area contributed by atoms with Crippen molar-refractivity contribution < 1.29 is 19.7 Å². The molecular formula is C14H23NO4. The maximum atomic E-state index is 10.2. The number of hydrogen-bond acceptors (Lipinski definition) is 5. The molecule has 0 saturated heterocycles. The van der Waals surface area contributed by atoms with Gasteiger partial charge < -0.3 is 25.4 Å². The third-order valence-corrected chi connectivity index (χ3v) is 2.78. The van der Waals surface area contributed by atoms with Crippen molar-refractivity contribution in [2.24, 2.45) is 5.73 Å². The Labute approximate surface area is 114 Å². The highest BCUT2D eigenvalue weighted by Gasteiger charge is 2.21. The average Bonchev–Trinajstić information content (AvgIpc) is 2.40. The van der Waals surface area contributed by atoms with Crippen molar-refractivity contribution in [2.45, 2.75) is 32.4 Å². The monoisotopic (exact) mass is 269 g/mol. The fourth-order valence-electron chi connectivity index (χ4n) is 1.84. The van der Waals surface area contributed by atoms with E-state index in [0.717, 1.165) is 0 Å².